The number of nitrogens with one attached hydrogen (secondary N) is 1. The van der Waals surface area contributed by atoms with E-state index in [0.29, 0.717) is 0 Å². The van der Waals surface area contributed by atoms with Gasteiger partial charge in [-0.05, 0) is 19.4 Å². The predicted octanol–water partition coefficient (Wildman–Crippen LogP) is 1.76. The Morgan fingerprint density at radius 2 is 2.15 bits per heavy atom. The van der Waals surface area contributed by atoms with E-state index in [2.05, 4.69) is 10.2 Å². The second-order valence-electron chi connectivity index (χ2n) is 3.86. The van der Waals surface area contributed by atoms with Crippen molar-refractivity contribution in [3.05, 3.63) is 30.0 Å². The zero-order valence-electron chi connectivity index (χ0n) is 7.83. The average molecular weight is 175 g/mol. The molecule has 13 heavy (non-hydrogen) atoms. The van der Waals surface area contributed by atoms with Crippen molar-refractivity contribution in [2.24, 2.45) is 5.73 Å². The van der Waals surface area contributed by atoms with E-state index in [4.69, 9.17) is 5.73 Å². The van der Waals surface area contributed by atoms with Gasteiger partial charge in [-0.2, -0.15) is 5.10 Å². The normalized spacial score (nSPS) is 12.2. The van der Waals surface area contributed by atoms with Crippen LogP contribution in [-0.2, 0) is 5.54 Å². The summed E-state index contributed by atoms with van der Waals surface area (Å²) in [6.07, 6.45) is 1.81. The average Bonchev–Trinajstić information content (AvgIpc) is 2.48. The lowest BCUT2D eigenvalue weighted by molar-refractivity contribution is 0.558. The van der Waals surface area contributed by atoms with Gasteiger partial charge in [0.2, 0.25) is 0 Å². The summed E-state index contributed by atoms with van der Waals surface area (Å²) in [5.41, 5.74) is 7.84. The Labute approximate surface area is 76.9 Å². The summed E-state index contributed by atoms with van der Waals surface area (Å²) < 4.78 is 0. The highest BCUT2D eigenvalue weighted by molar-refractivity contribution is 5.82. The van der Waals surface area contributed by atoms with E-state index in [-0.39, 0.29) is 5.54 Å². The molecule has 0 radical (unpaired) electrons. The Kier molecular flexibility index (Phi) is 1.63. The van der Waals surface area contributed by atoms with Crippen LogP contribution in [0.2, 0.25) is 0 Å². The minimum absolute atomic E-state index is 0.327. The summed E-state index contributed by atoms with van der Waals surface area (Å²) in [6.45, 7) is 3.98. The van der Waals surface area contributed by atoms with E-state index in [0.717, 1.165) is 16.5 Å². The number of hydrogen-bond donors (Lipinski definition) is 2. The number of fused-ring (bicyclic) bond motifs is 1. The van der Waals surface area contributed by atoms with Crippen molar-refractivity contribution in [3.8, 4) is 0 Å². The molecule has 68 valence electrons. The van der Waals surface area contributed by atoms with Gasteiger partial charge < -0.3 is 5.73 Å². The lowest BCUT2D eigenvalue weighted by Gasteiger charge is -2.19. The van der Waals surface area contributed by atoms with E-state index >= 15 is 0 Å². The van der Waals surface area contributed by atoms with Crippen LogP contribution in [0.3, 0.4) is 0 Å². The first-order valence-electron chi connectivity index (χ1n) is 4.30. The topological polar surface area (TPSA) is 54.7 Å². The van der Waals surface area contributed by atoms with Crippen molar-refractivity contribution in [1.82, 2.24) is 10.2 Å². The van der Waals surface area contributed by atoms with Gasteiger partial charge in [-0.1, -0.05) is 18.2 Å². The first kappa shape index (κ1) is 8.26. The maximum absolute atomic E-state index is 6.03. The summed E-state index contributed by atoms with van der Waals surface area (Å²) in [5, 5.41) is 8.07. The van der Waals surface area contributed by atoms with Crippen LogP contribution in [0.5, 0.6) is 0 Å². The Hall–Kier alpha value is -1.35. The van der Waals surface area contributed by atoms with Gasteiger partial charge in [-0.3, -0.25) is 5.10 Å². The van der Waals surface area contributed by atoms with Crippen LogP contribution >= 0.6 is 0 Å². The molecule has 0 unspecified atom stereocenters. The van der Waals surface area contributed by atoms with Gasteiger partial charge in [-0.25, -0.2) is 0 Å². The van der Waals surface area contributed by atoms with E-state index in [1.54, 1.807) is 0 Å². The zero-order valence-corrected chi connectivity index (χ0v) is 7.83. The predicted molar refractivity (Wildman–Crippen MR) is 53.3 cm³/mol. The third-order valence-corrected chi connectivity index (χ3v) is 2.17. The van der Waals surface area contributed by atoms with Crippen molar-refractivity contribution in [2.75, 3.05) is 0 Å². The quantitative estimate of drug-likeness (QED) is 0.693. The number of aromatic nitrogens is 2. The smallest absolute Gasteiger partial charge is 0.0700 e. The van der Waals surface area contributed by atoms with Crippen molar-refractivity contribution < 1.29 is 0 Å². The lowest BCUT2D eigenvalue weighted by Crippen LogP contribution is -2.28. The van der Waals surface area contributed by atoms with Gasteiger partial charge in [0, 0.05) is 10.9 Å². The van der Waals surface area contributed by atoms with Crippen LogP contribution in [0.15, 0.2) is 24.4 Å². The molecule has 0 aliphatic rings. The summed E-state index contributed by atoms with van der Waals surface area (Å²) >= 11 is 0. The second kappa shape index (κ2) is 2.57. The fourth-order valence-corrected chi connectivity index (χ4v) is 1.51. The van der Waals surface area contributed by atoms with E-state index in [1.807, 2.05) is 38.2 Å². The molecule has 2 aromatic rings. The molecule has 0 spiro atoms. The van der Waals surface area contributed by atoms with Crippen LogP contribution in [0, 0.1) is 0 Å². The fraction of sp³-hybridized carbons (Fsp3) is 0.300. The number of nitrogens with two attached hydrogens (primary N) is 1. The zero-order chi connectivity index (χ0) is 9.47. The molecular formula is C10H13N3. The molecular weight excluding hydrogens is 162 g/mol. The molecule has 0 saturated carbocycles. The highest BCUT2D eigenvalue weighted by Crippen LogP contribution is 2.24. The largest absolute Gasteiger partial charge is 0.322 e. The molecule has 3 heteroatoms. The fourth-order valence-electron chi connectivity index (χ4n) is 1.51. The maximum atomic E-state index is 6.03. The van der Waals surface area contributed by atoms with Crippen molar-refractivity contribution in [3.63, 3.8) is 0 Å². The summed E-state index contributed by atoms with van der Waals surface area (Å²) in [5.74, 6) is 0. The van der Waals surface area contributed by atoms with Gasteiger partial charge in [0.05, 0.1) is 11.7 Å². The number of H-pyrrole nitrogens is 1. The third-order valence-electron chi connectivity index (χ3n) is 2.17. The standard InChI is InChI=1S/C10H13N3/c1-10(2,11)8-5-3-4-7-6-12-13-9(7)8/h3-6H,11H2,1-2H3,(H,12,13). The highest BCUT2D eigenvalue weighted by Gasteiger charge is 2.17. The molecule has 1 aromatic carbocycles. The van der Waals surface area contributed by atoms with Gasteiger partial charge in [0.25, 0.3) is 0 Å². The third kappa shape index (κ3) is 1.31. The molecule has 0 atom stereocenters. The number of rotatable bonds is 1. The SMILES string of the molecule is CC(C)(N)c1cccc2cn[nH]c12. The molecule has 3 nitrogen and oxygen atoms in total. The molecule has 0 aliphatic carbocycles. The number of para-hydroxylation sites is 1. The monoisotopic (exact) mass is 175 g/mol. The molecule has 0 aliphatic heterocycles. The summed E-state index contributed by atoms with van der Waals surface area (Å²) in [4.78, 5) is 0. The van der Waals surface area contributed by atoms with Crippen LogP contribution < -0.4 is 5.73 Å². The number of nitrogens with zero attached hydrogens (tertiary/aromatic N) is 1. The maximum Gasteiger partial charge on any atom is 0.0700 e. The molecule has 0 bridgehead atoms. The first-order chi connectivity index (χ1) is 6.09. The van der Waals surface area contributed by atoms with Gasteiger partial charge in [0.1, 0.15) is 0 Å². The Bertz CT molecular complexity index is 423. The Morgan fingerprint density at radius 3 is 2.85 bits per heavy atom. The number of benzene rings is 1. The van der Waals surface area contributed by atoms with E-state index < -0.39 is 0 Å². The van der Waals surface area contributed by atoms with Crippen molar-refractivity contribution in [1.29, 1.82) is 0 Å². The van der Waals surface area contributed by atoms with Gasteiger partial charge in [0.15, 0.2) is 0 Å². The molecule has 1 heterocycles. The molecule has 2 rings (SSSR count). The van der Waals surface area contributed by atoms with Crippen LogP contribution in [0.25, 0.3) is 10.9 Å². The molecule has 0 amide bonds. The van der Waals surface area contributed by atoms with E-state index in [1.165, 1.54) is 0 Å². The van der Waals surface area contributed by atoms with Crippen LogP contribution in [0.4, 0.5) is 0 Å². The van der Waals surface area contributed by atoms with Crippen LogP contribution in [-0.4, -0.2) is 10.2 Å². The molecule has 0 saturated heterocycles. The lowest BCUT2D eigenvalue weighted by atomic mass is 9.94. The molecule has 1 aromatic heterocycles. The molecule has 3 N–H and O–H groups in total. The Morgan fingerprint density at radius 1 is 1.38 bits per heavy atom. The van der Waals surface area contributed by atoms with Crippen molar-refractivity contribution in [2.45, 2.75) is 19.4 Å². The minimum atomic E-state index is -0.327. The Balaban J connectivity index is 2.75. The van der Waals surface area contributed by atoms with Crippen molar-refractivity contribution >= 4 is 10.9 Å². The number of hydrogen-bond acceptors (Lipinski definition) is 2. The van der Waals surface area contributed by atoms with Crippen LogP contribution in [0.1, 0.15) is 19.4 Å². The summed E-state index contributed by atoms with van der Waals surface area (Å²) in [6, 6.07) is 6.05. The molecule has 0 fully saturated rings. The highest BCUT2D eigenvalue weighted by atomic mass is 15.1. The van der Waals surface area contributed by atoms with Gasteiger partial charge in [-0.15, -0.1) is 0 Å². The second-order valence-corrected chi connectivity index (χ2v) is 3.86. The summed E-state index contributed by atoms with van der Waals surface area (Å²) in [7, 11) is 0. The van der Waals surface area contributed by atoms with Gasteiger partial charge >= 0.3 is 0 Å². The first-order valence-corrected chi connectivity index (χ1v) is 4.30. The van der Waals surface area contributed by atoms with E-state index in [9.17, 15) is 0 Å². The number of aromatic amines is 1. The minimum Gasteiger partial charge on any atom is -0.322 e.